The SMILES string of the molecule is COCCN1CC(Cl)C/N=C(/c2ccccc2)c2cc(Cl)ccc21. The first-order valence-electron chi connectivity index (χ1n) is 7.97. The predicted molar refractivity (Wildman–Crippen MR) is 102 cm³/mol. The number of hydrogen-bond acceptors (Lipinski definition) is 3. The largest absolute Gasteiger partial charge is 0.383 e. The molecule has 0 spiro atoms. The molecule has 0 aliphatic carbocycles. The van der Waals surface area contributed by atoms with Gasteiger partial charge in [-0.3, -0.25) is 4.99 Å². The molecule has 0 saturated carbocycles. The van der Waals surface area contributed by atoms with Gasteiger partial charge in [0.2, 0.25) is 0 Å². The second kappa shape index (κ2) is 8.02. The normalized spacial score (nSPS) is 19.9. The summed E-state index contributed by atoms with van der Waals surface area (Å²) in [4.78, 5) is 7.05. The van der Waals surface area contributed by atoms with Gasteiger partial charge in [0.05, 0.1) is 24.2 Å². The van der Waals surface area contributed by atoms with Gasteiger partial charge in [0.1, 0.15) is 0 Å². The van der Waals surface area contributed by atoms with Gasteiger partial charge in [0.25, 0.3) is 0 Å². The van der Waals surface area contributed by atoms with Crippen molar-refractivity contribution in [2.75, 3.05) is 38.3 Å². The van der Waals surface area contributed by atoms with Gasteiger partial charge in [0, 0.05) is 42.0 Å². The maximum Gasteiger partial charge on any atom is 0.0740 e. The quantitative estimate of drug-likeness (QED) is 0.759. The molecule has 3 rings (SSSR count). The van der Waals surface area contributed by atoms with Crippen molar-refractivity contribution < 1.29 is 4.74 Å². The van der Waals surface area contributed by atoms with Crippen LogP contribution in [0.15, 0.2) is 53.5 Å². The Morgan fingerprint density at radius 3 is 2.75 bits per heavy atom. The number of nitrogens with zero attached hydrogens (tertiary/aromatic N) is 2. The Labute approximate surface area is 152 Å². The predicted octanol–water partition coefficient (Wildman–Crippen LogP) is 4.25. The van der Waals surface area contributed by atoms with E-state index in [0.29, 0.717) is 18.2 Å². The van der Waals surface area contributed by atoms with Crippen molar-refractivity contribution in [3.8, 4) is 0 Å². The molecule has 1 aliphatic heterocycles. The Bertz CT molecular complexity index is 719. The minimum absolute atomic E-state index is 0.0515. The first kappa shape index (κ1) is 17.3. The lowest BCUT2D eigenvalue weighted by molar-refractivity contribution is 0.205. The number of methoxy groups -OCH3 is 1. The van der Waals surface area contributed by atoms with Crippen LogP contribution in [0.25, 0.3) is 0 Å². The summed E-state index contributed by atoms with van der Waals surface area (Å²) in [5.41, 5.74) is 4.12. The van der Waals surface area contributed by atoms with Gasteiger partial charge in [0.15, 0.2) is 0 Å². The molecule has 0 radical (unpaired) electrons. The number of aliphatic imine (C=N–C) groups is 1. The zero-order chi connectivity index (χ0) is 16.9. The molecule has 126 valence electrons. The molecule has 0 saturated heterocycles. The second-order valence-corrected chi connectivity index (χ2v) is 6.81. The van der Waals surface area contributed by atoms with Crippen LogP contribution in [0.1, 0.15) is 11.1 Å². The summed E-state index contributed by atoms with van der Waals surface area (Å²) in [6.07, 6.45) is 0. The molecular formula is C19H20Cl2N2O. The van der Waals surface area contributed by atoms with Gasteiger partial charge in [-0.2, -0.15) is 0 Å². The standard InChI is InChI=1S/C19H20Cl2N2O/c1-24-10-9-23-13-16(21)12-22-19(14-5-3-2-4-6-14)17-11-15(20)7-8-18(17)23/h2-8,11,16H,9-10,12-13H2,1H3/b22-19-. The maximum atomic E-state index is 6.50. The summed E-state index contributed by atoms with van der Waals surface area (Å²) in [6.45, 7) is 2.71. The van der Waals surface area contributed by atoms with Crippen molar-refractivity contribution >= 4 is 34.6 Å². The number of benzene rings is 2. The van der Waals surface area contributed by atoms with Crippen LogP contribution in [-0.2, 0) is 4.74 Å². The Morgan fingerprint density at radius 1 is 1.21 bits per heavy atom. The number of rotatable bonds is 4. The zero-order valence-electron chi connectivity index (χ0n) is 13.6. The minimum atomic E-state index is -0.0515. The monoisotopic (exact) mass is 362 g/mol. The Hall–Kier alpha value is -1.55. The van der Waals surface area contributed by atoms with Crippen LogP contribution < -0.4 is 4.90 Å². The molecule has 0 amide bonds. The van der Waals surface area contributed by atoms with Gasteiger partial charge in [-0.25, -0.2) is 0 Å². The van der Waals surface area contributed by atoms with Crippen LogP contribution in [0.4, 0.5) is 5.69 Å². The molecule has 1 aliphatic rings. The van der Waals surface area contributed by atoms with Gasteiger partial charge >= 0.3 is 0 Å². The van der Waals surface area contributed by atoms with Crippen molar-refractivity contribution in [3.05, 3.63) is 64.7 Å². The fourth-order valence-corrected chi connectivity index (χ4v) is 3.31. The molecule has 1 heterocycles. The van der Waals surface area contributed by atoms with E-state index in [1.807, 2.05) is 36.4 Å². The first-order chi connectivity index (χ1) is 11.7. The lowest BCUT2D eigenvalue weighted by Gasteiger charge is -2.31. The lowest BCUT2D eigenvalue weighted by Crippen LogP contribution is -2.36. The van der Waals surface area contributed by atoms with Crippen LogP contribution in [0.3, 0.4) is 0 Å². The summed E-state index contributed by atoms with van der Waals surface area (Å²) in [5.74, 6) is 0. The van der Waals surface area contributed by atoms with E-state index in [-0.39, 0.29) is 5.38 Å². The van der Waals surface area contributed by atoms with E-state index in [4.69, 9.17) is 32.9 Å². The average molecular weight is 363 g/mol. The van der Waals surface area contributed by atoms with E-state index < -0.39 is 0 Å². The number of fused-ring (bicyclic) bond motifs is 1. The number of halogens is 2. The van der Waals surface area contributed by atoms with Crippen LogP contribution in [-0.4, -0.2) is 44.4 Å². The third kappa shape index (κ3) is 3.92. The van der Waals surface area contributed by atoms with Gasteiger partial charge < -0.3 is 9.64 Å². The fourth-order valence-electron chi connectivity index (χ4n) is 2.90. The van der Waals surface area contributed by atoms with Crippen molar-refractivity contribution in [1.29, 1.82) is 0 Å². The van der Waals surface area contributed by atoms with Crippen LogP contribution in [0.2, 0.25) is 5.02 Å². The van der Waals surface area contributed by atoms with E-state index in [1.165, 1.54) is 0 Å². The molecule has 2 aromatic carbocycles. The summed E-state index contributed by atoms with van der Waals surface area (Å²) < 4.78 is 5.26. The Morgan fingerprint density at radius 2 is 2.00 bits per heavy atom. The second-order valence-electron chi connectivity index (χ2n) is 5.75. The molecule has 0 N–H and O–H groups in total. The molecule has 0 bridgehead atoms. The molecule has 24 heavy (non-hydrogen) atoms. The molecule has 1 atom stereocenters. The summed E-state index contributed by atoms with van der Waals surface area (Å²) in [7, 11) is 1.71. The van der Waals surface area contributed by atoms with Crippen LogP contribution in [0.5, 0.6) is 0 Å². The van der Waals surface area contributed by atoms with Crippen molar-refractivity contribution in [1.82, 2.24) is 0 Å². The van der Waals surface area contributed by atoms with Gasteiger partial charge in [-0.05, 0) is 18.2 Å². The number of ether oxygens (including phenoxy) is 1. The molecule has 3 nitrogen and oxygen atoms in total. The maximum absolute atomic E-state index is 6.50. The van der Waals surface area contributed by atoms with Crippen LogP contribution in [0, 0.1) is 0 Å². The highest BCUT2D eigenvalue weighted by molar-refractivity contribution is 6.31. The Kier molecular flexibility index (Phi) is 5.77. The molecule has 2 aromatic rings. The molecule has 1 unspecified atom stereocenters. The molecule has 0 aromatic heterocycles. The highest BCUT2D eigenvalue weighted by Gasteiger charge is 2.22. The summed E-state index contributed by atoms with van der Waals surface area (Å²) in [5, 5.41) is 0.650. The smallest absolute Gasteiger partial charge is 0.0740 e. The van der Waals surface area contributed by atoms with E-state index in [9.17, 15) is 0 Å². The third-order valence-corrected chi connectivity index (χ3v) is 4.54. The molecule has 0 fully saturated rings. The summed E-state index contributed by atoms with van der Waals surface area (Å²) >= 11 is 12.8. The fraction of sp³-hybridized carbons (Fsp3) is 0.316. The van der Waals surface area contributed by atoms with E-state index in [1.54, 1.807) is 7.11 Å². The topological polar surface area (TPSA) is 24.8 Å². The van der Waals surface area contributed by atoms with E-state index in [2.05, 4.69) is 17.0 Å². The van der Waals surface area contributed by atoms with Crippen LogP contribution >= 0.6 is 23.2 Å². The highest BCUT2D eigenvalue weighted by atomic mass is 35.5. The number of hydrogen-bond donors (Lipinski definition) is 0. The number of anilines is 1. The van der Waals surface area contributed by atoms with Crippen molar-refractivity contribution in [2.24, 2.45) is 4.99 Å². The van der Waals surface area contributed by atoms with Crippen molar-refractivity contribution in [2.45, 2.75) is 5.38 Å². The molecular weight excluding hydrogens is 343 g/mol. The zero-order valence-corrected chi connectivity index (χ0v) is 15.1. The Balaban J connectivity index is 2.11. The third-order valence-electron chi connectivity index (χ3n) is 4.03. The summed E-state index contributed by atoms with van der Waals surface area (Å²) in [6, 6.07) is 16.1. The van der Waals surface area contributed by atoms with Crippen molar-refractivity contribution in [3.63, 3.8) is 0 Å². The van der Waals surface area contributed by atoms with Gasteiger partial charge in [-0.1, -0.05) is 41.9 Å². The lowest BCUT2D eigenvalue weighted by atomic mass is 9.99. The first-order valence-corrected chi connectivity index (χ1v) is 8.78. The van der Waals surface area contributed by atoms with E-state index >= 15 is 0 Å². The minimum Gasteiger partial charge on any atom is -0.383 e. The van der Waals surface area contributed by atoms with E-state index in [0.717, 1.165) is 35.6 Å². The average Bonchev–Trinajstić information content (AvgIpc) is 2.59. The van der Waals surface area contributed by atoms with Gasteiger partial charge in [-0.15, -0.1) is 11.6 Å². The highest BCUT2D eigenvalue weighted by Crippen LogP contribution is 2.29. The number of alkyl halides is 1. The molecule has 5 heteroatoms.